The highest BCUT2D eigenvalue weighted by atomic mass is 32.2. The molecule has 72 valence electrons. The summed E-state index contributed by atoms with van der Waals surface area (Å²) in [7, 11) is 0. The van der Waals surface area contributed by atoms with E-state index in [1.807, 2.05) is 0 Å². The number of nitrogens with zero attached hydrogens (tertiary/aromatic N) is 1. The Kier molecular flexibility index (Phi) is 11.0. The maximum atomic E-state index is 3.82. The summed E-state index contributed by atoms with van der Waals surface area (Å²) in [5, 5.41) is 0. The van der Waals surface area contributed by atoms with E-state index in [1.165, 1.54) is 43.6 Å². The highest BCUT2D eigenvalue weighted by molar-refractivity contribution is 7.99. The molecule has 0 amide bonds. The van der Waals surface area contributed by atoms with Crippen molar-refractivity contribution in [3.8, 4) is 0 Å². The molecule has 2 heteroatoms. The van der Waals surface area contributed by atoms with Crippen LogP contribution in [-0.4, -0.2) is 24.8 Å². The minimum absolute atomic E-state index is 0.940. The van der Waals surface area contributed by atoms with Crippen molar-refractivity contribution in [2.75, 3.05) is 18.1 Å². The lowest BCUT2D eigenvalue weighted by Gasteiger charge is -1.99. The highest BCUT2D eigenvalue weighted by Crippen LogP contribution is 2.08. The Morgan fingerprint density at radius 2 is 1.75 bits per heavy atom. The summed E-state index contributed by atoms with van der Waals surface area (Å²) in [6.45, 7) is 6.65. The van der Waals surface area contributed by atoms with Crippen LogP contribution in [0.5, 0.6) is 0 Å². The van der Waals surface area contributed by atoms with Gasteiger partial charge in [0, 0.05) is 6.54 Å². The molecule has 0 aliphatic heterocycles. The summed E-state index contributed by atoms with van der Waals surface area (Å²) < 4.78 is 0. The Labute approximate surface area is 81.0 Å². The second kappa shape index (κ2) is 11.0. The van der Waals surface area contributed by atoms with Crippen molar-refractivity contribution in [1.29, 1.82) is 0 Å². The quantitative estimate of drug-likeness (QED) is 0.398. The Morgan fingerprint density at radius 3 is 2.33 bits per heavy atom. The van der Waals surface area contributed by atoms with Crippen LogP contribution in [0.3, 0.4) is 0 Å². The summed E-state index contributed by atoms with van der Waals surface area (Å²) in [4.78, 5) is 3.82. The molecule has 0 aromatic carbocycles. The van der Waals surface area contributed by atoms with Crippen LogP contribution in [0.2, 0.25) is 0 Å². The molecule has 0 saturated carbocycles. The number of hydrogen-bond donors (Lipinski definition) is 0. The summed E-state index contributed by atoms with van der Waals surface area (Å²) in [6, 6.07) is 0. The molecule has 0 radical (unpaired) electrons. The Morgan fingerprint density at radius 1 is 1.08 bits per heavy atom. The van der Waals surface area contributed by atoms with E-state index in [1.54, 1.807) is 0 Å². The van der Waals surface area contributed by atoms with Gasteiger partial charge in [-0.05, 0) is 37.5 Å². The molecule has 0 aromatic heterocycles. The highest BCUT2D eigenvalue weighted by Gasteiger charge is 1.89. The third-order valence-electron chi connectivity index (χ3n) is 1.75. The van der Waals surface area contributed by atoms with E-state index in [2.05, 4.69) is 30.4 Å². The van der Waals surface area contributed by atoms with Crippen LogP contribution in [0.4, 0.5) is 0 Å². The molecule has 12 heavy (non-hydrogen) atoms. The molecule has 0 aliphatic carbocycles. The van der Waals surface area contributed by atoms with E-state index in [4.69, 9.17) is 0 Å². The maximum Gasteiger partial charge on any atom is 0.0382 e. The summed E-state index contributed by atoms with van der Waals surface area (Å²) in [5.74, 6) is 2.65. The van der Waals surface area contributed by atoms with Crippen molar-refractivity contribution < 1.29 is 0 Å². The Balaban J connectivity index is 2.77. The van der Waals surface area contributed by atoms with E-state index < -0.39 is 0 Å². The SMILES string of the molecule is C=NCCCCSCCCCC. The zero-order chi connectivity index (χ0) is 9.07. The monoisotopic (exact) mass is 187 g/mol. The van der Waals surface area contributed by atoms with Gasteiger partial charge >= 0.3 is 0 Å². The van der Waals surface area contributed by atoms with Gasteiger partial charge < -0.3 is 4.99 Å². The number of rotatable bonds is 9. The van der Waals surface area contributed by atoms with Gasteiger partial charge in [-0.25, -0.2) is 0 Å². The third-order valence-corrected chi connectivity index (χ3v) is 2.90. The third kappa shape index (κ3) is 10.0. The fourth-order valence-electron chi connectivity index (χ4n) is 0.984. The number of thioether (sulfide) groups is 1. The smallest absolute Gasteiger partial charge is 0.0382 e. The largest absolute Gasteiger partial charge is 0.301 e. The van der Waals surface area contributed by atoms with Crippen molar-refractivity contribution in [2.24, 2.45) is 4.99 Å². The van der Waals surface area contributed by atoms with Crippen molar-refractivity contribution in [1.82, 2.24) is 0 Å². The van der Waals surface area contributed by atoms with Gasteiger partial charge in [-0.1, -0.05) is 19.8 Å². The van der Waals surface area contributed by atoms with Crippen LogP contribution in [0, 0.1) is 0 Å². The lowest BCUT2D eigenvalue weighted by molar-refractivity contribution is 0.776. The van der Waals surface area contributed by atoms with E-state index in [0.717, 1.165) is 6.54 Å². The molecule has 0 bridgehead atoms. The van der Waals surface area contributed by atoms with E-state index >= 15 is 0 Å². The fraction of sp³-hybridized carbons (Fsp3) is 0.900. The maximum absolute atomic E-state index is 3.82. The Hall–Kier alpha value is 0.0200. The lowest BCUT2D eigenvalue weighted by atomic mass is 10.3. The molecule has 0 heterocycles. The minimum Gasteiger partial charge on any atom is -0.301 e. The van der Waals surface area contributed by atoms with Crippen LogP contribution in [0.15, 0.2) is 4.99 Å². The molecular weight excluding hydrogens is 166 g/mol. The van der Waals surface area contributed by atoms with Gasteiger partial charge in [0.2, 0.25) is 0 Å². The molecule has 0 N–H and O–H groups in total. The average Bonchev–Trinajstić information content (AvgIpc) is 2.10. The predicted octanol–water partition coefficient (Wildman–Crippen LogP) is 3.39. The van der Waals surface area contributed by atoms with Gasteiger partial charge in [-0.2, -0.15) is 11.8 Å². The number of unbranched alkanes of at least 4 members (excludes halogenated alkanes) is 3. The molecule has 0 atom stereocenters. The molecule has 0 unspecified atom stereocenters. The molecule has 0 saturated heterocycles. The average molecular weight is 187 g/mol. The van der Waals surface area contributed by atoms with Crippen LogP contribution >= 0.6 is 11.8 Å². The zero-order valence-electron chi connectivity index (χ0n) is 8.22. The van der Waals surface area contributed by atoms with Crippen molar-refractivity contribution in [3.63, 3.8) is 0 Å². The molecular formula is C10H21NS. The van der Waals surface area contributed by atoms with E-state index in [-0.39, 0.29) is 0 Å². The molecule has 0 aliphatic rings. The summed E-state index contributed by atoms with van der Waals surface area (Å²) in [6.07, 6.45) is 6.63. The normalized spacial score (nSPS) is 10.1. The van der Waals surface area contributed by atoms with Crippen molar-refractivity contribution in [2.45, 2.75) is 39.0 Å². The topological polar surface area (TPSA) is 12.4 Å². The van der Waals surface area contributed by atoms with Crippen LogP contribution in [0.1, 0.15) is 39.0 Å². The first-order valence-electron chi connectivity index (χ1n) is 4.92. The van der Waals surface area contributed by atoms with Crippen LogP contribution in [0.25, 0.3) is 0 Å². The first kappa shape index (κ1) is 12.0. The molecule has 0 fully saturated rings. The fourth-order valence-corrected chi connectivity index (χ4v) is 2.00. The predicted molar refractivity (Wildman–Crippen MR) is 60.5 cm³/mol. The second-order valence-corrected chi connectivity index (χ2v) is 4.20. The van der Waals surface area contributed by atoms with Crippen LogP contribution in [-0.2, 0) is 0 Å². The molecule has 0 rings (SSSR count). The standard InChI is InChI=1S/C10H21NS/c1-3-4-6-9-12-10-7-5-8-11-2/h2-10H2,1H3. The minimum atomic E-state index is 0.940. The first-order chi connectivity index (χ1) is 5.91. The number of aliphatic imine (C=N–C) groups is 1. The lowest BCUT2D eigenvalue weighted by Crippen LogP contribution is -1.86. The van der Waals surface area contributed by atoms with Gasteiger partial charge in [-0.15, -0.1) is 0 Å². The van der Waals surface area contributed by atoms with Gasteiger partial charge in [0.05, 0.1) is 0 Å². The van der Waals surface area contributed by atoms with Crippen LogP contribution < -0.4 is 0 Å². The molecule has 1 nitrogen and oxygen atoms in total. The molecule has 0 aromatic rings. The van der Waals surface area contributed by atoms with Crippen molar-refractivity contribution >= 4 is 18.5 Å². The number of hydrogen-bond acceptors (Lipinski definition) is 2. The van der Waals surface area contributed by atoms with E-state index in [9.17, 15) is 0 Å². The summed E-state index contributed by atoms with van der Waals surface area (Å²) >= 11 is 2.08. The molecule has 0 spiro atoms. The van der Waals surface area contributed by atoms with Gasteiger partial charge in [0.1, 0.15) is 0 Å². The zero-order valence-corrected chi connectivity index (χ0v) is 9.04. The van der Waals surface area contributed by atoms with Gasteiger partial charge in [0.15, 0.2) is 0 Å². The van der Waals surface area contributed by atoms with Gasteiger partial charge in [-0.3, -0.25) is 0 Å². The first-order valence-corrected chi connectivity index (χ1v) is 6.07. The van der Waals surface area contributed by atoms with Crippen molar-refractivity contribution in [3.05, 3.63) is 0 Å². The Bertz CT molecular complexity index is 93.8. The summed E-state index contributed by atoms with van der Waals surface area (Å²) in [5.41, 5.74) is 0. The van der Waals surface area contributed by atoms with Gasteiger partial charge in [0.25, 0.3) is 0 Å². The second-order valence-electron chi connectivity index (χ2n) is 2.97. The van der Waals surface area contributed by atoms with E-state index in [0.29, 0.717) is 0 Å².